The van der Waals surface area contributed by atoms with Crippen LogP contribution < -0.4 is 4.89 Å². The van der Waals surface area contributed by atoms with Gasteiger partial charge >= 0.3 is 0 Å². The number of thioether (sulfide) groups is 1. The molecule has 0 bridgehead atoms. The highest BCUT2D eigenvalue weighted by molar-refractivity contribution is 7.99. The Morgan fingerprint density at radius 1 is 0.784 bits per heavy atom. The average Bonchev–Trinajstić information content (AvgIpc) is 2.83. The zero-order chi connectivity index (χ0) is 27.7. The van der Waals surface area contributed by atoms with E-state index in [1.807, 2.05) is 32.9 Å². The third-order valence-electron chi connectivity index (χ3n) is 6.28. The van der Waals surface area contributed by atoms with Crippen LogP contribution in [0.15, 0.2) is 0 Å². The number of hydrogen-bond acceptors (Lipinski definition) is 7. The maximum atomic E-state index is 12.2. The highest BCUT2D eigenvalue weighted by atomic mass is 32.2. The summed E-state index contributed by atoms with van der Waals surface area (Å²) in [6, 6.07) is 0. The molecule has 0 fully saturated rings. The van der Waals surface area contributed by atoms with E-state index in [4.69, 9.17) is 18.9 Å². The molecule has 0 aliphatic rings. The minimum absolute atomic E-state index is 0.00663. The van der Waals surface area contributed by atoms with E-state index in [0.717, 1.165) is 50.0 Å². The topological polar surface area (TPSA) is 88.1 Å². The second-order valence-corrected chi connectivity index (χ2v) is 13.7. The summed E-state index contributed by atoms with van der Waals surface area (Å²) in [4.78, 5) is 12.2. The fourth-order valence-electron chi connectivity index (χ4n) is 3.86. The fourth-order valence-corrected chi connectivity index (χ4v) is 5.62. The van der Waals surface area contributed by atoms with Gasteiger partial charge in [-0.3, -0.25) is 4.57 Å². The van der Waals surface area contributed by atoms with Crippen LogP contribution in [-0.2, 0) is 18.3 Å². The lowest BCUT2D eigenvalue weighted by atomic mass is 10.1. The number of phosphoric ester groups is 1. The van der Waals surface area contributed by atoms with Gasteiger partial charge in [0.1, 0.15) is 13.2 Å². The number of aliphatic hydroxyl groups excluding tert-OH is 1. The Morgan fingerprint density at radius 3 is 1.89 bits per heavy atom. The van der Waals surface area contributed by atoms with Gasteiger partial charge in [-0.05, 0) is 25.0 Å². The number of quaternary nitrogens is 1. The van der Waals surface area contributed by atoms with Crippen molar-refractivity contribution >= 4 is 19.6 Å². The number of likely N-dealkylation sites (N-methyl/N-ethyl adjacent to an activating group) is 1. The molecule has 9 heteroatoms. The maximum absolute atomic E-state index is 12.2. The average molecular weight is 570 g/mol. The fraction of sp³-hybridized carbons (Fsp3) is 1.00. The summed E-state index contributed by atoms with van der Waals surface area (Å²) in [5, 5.41) is 8.86. The van der Waals surface area contributed by atoms with Crippen molar-refractivity contribution < 1.29 is 32.8 Å². The van der Waals surface area contributed by atoms with E-state index in [1.165, 1.54) is 64.2 Å². The first-order chi connectivity index (χ1) is 17.7. The molecule has 0 amide bonds. The monoisotopic (exact) mass is 569 g/mol. The first kappa shape index (κ1) is 37.3. The minimum Gasteiger partial charge on any atom is -0.756 e. The van der Waals surface area contributed by atoms with Gasteiger partial charge < -0.3 is 28.3 Å². The predicted octanol–water partition coefficient (Wildman–Crippen LogP) is 6.57. The molecule has 37 heavy (non-hydrogen) atoms. The minimum atomic E-state index is -4.33. The molecule has 0 saturated carbocycles. The third-order valence-corrected chi connectivity index (χ3v) is 8.43. The zero-order valence-corrected chi connectivity index (χ0v) is 26.3. The van der Waals surface area contributed by atoms with Gasteiger partial charge in [-0.1, -0.05) is 90.4 Å². The third kappa shape index (κ3) is 29.2. The number of unbranched alkanes of at least 4 members (excludes halogenated alkanes) is 14. The van der Waals surface area contributed by atoms with Crippen LogP contribution in [-0.4, -0.2) is 81.3 Å². The van der Waals surface area contributed by atoms with Gasteiger partial charge in [0.15, 0.2) is 0 Å². The van der Waals surface area contributed by atoms with Crippen molar-refractivity contribution in [3.05, 3.63) is 0 Å². The van der Waals surface area contributed by atoms with Crippen molar-refractivity contribution in [3.8, 4) is 0 Å². The Hall–Kier alpha value is 0.340. The SMILES string of the molecule is CCCCCCCCCCCCSCC(COP(=O)([O-])OCC[N+](C)(C)C)OCCCCCCCCO. The predicted molar refractivity (Wildman–Crippen MR) is 156 cm³/mol. The lowest BCUT2D eigenvalue weighted by molar-refractivity contribution is -0.870. The molecule has 0 spiro atoms. The Bertz CT molecular complexity index is 535. The van der Waals surface area contributed by atoms with E-state index < -0.39 is 7.82 Å². The lowest BCUT2D eigenvalue weighted by Crippen LogP contribution is -2.37. The highest BCUT2D eigenvalue weighted by Crippen LogP contribution is 2.38. The molecule has 2 atom stereocenters. The normalized spacial score (nSPS) is 14.6. The Balaban J connectivity index is 4.17. The summed E-state index contributed by atoms with van der Waals surface area (Å²) < 4.78 is 29.1. The van der Waals surface area contributed by atoms with E-state index in [2.05, 4.69) is 6.92 Å². The van der Waals surface area contributed by atoms with Gasteiger partial charge in [0, 0.05) is 19.0 Å². The molecule has 0 radical (unpaired) electrons. The molecule has 0 rings (SSSR count). The summed E-state index contributed by atoms with van der Waals surface area (Å²) in [5.41, 5.74) is 0. The van der Waals surface area contributed by atoms with Crippen molar-refractivity contribution in [1.29, 1.82) is 0 Å². The van der Waals surface area contributed by atoms with Gasteiger partial charge in [-0.15, -0.1) is 0 Å². The molecular formula is C28H60NO6PS. The standard InChI is InChI=1S/C28H60NO6PS/c1-5-6-7-8-9-10-11-14-17-20-25-37-27-28(33-23-19-16-13-12-15-18-22-30)26-35-36(31,32)34-24-21-29(2,3)4/h28,30H,5-27H2,1-4H3. The zero-order valence-electron chi connectivity index (χ0n) is 24.6. The summed E-state index contributed by atoms with van der Waals surface area (Å²) >= 11 is 1.82. The maximum Gasteiger partial charge on any atom is 0.268 e. The molecule has 7 nitrogen and oxygen atoms in total. The van der Waals surface area contributed by atoms with Crippen LogP contribution in [0.4, 0.5) is 0 Å². The molecule has 0 saturated heterocycles. The van der Waals surface area contributed by atoms with Gasteiger partial charge in [0.25, 0.3) is 7.82 Å². The molecule has 0 aliphatic carbocycles. The Labute approximate surface area is 233 Å². The van der Waals surface area contributed by atoms with Crippen molar-refractivity contribution in [2.45, 2.75) is 116 Å². The summed E-state index contributed by atoms with van der Waals surface area (Å²) in [6.07, 6.45) is 19.2. The number of rotatable bonds is 29. The molecular weight excluding hydrogens is 509 g/mol. The van der Waals surface area contributed by atoms with Gasteiger partial charge in [0.2, 0.25) is 0 Å². The Morgan fingerprint density at radius 2 is 1.32 bits per heavy atom. The van der Waals surface area contributed by atoms with Crippen LogP contribution in [0.2, 0.25) is 0 Å². The lowest BCUT2D eigenvalue weighted by Gasteiger charge is -2.28. The van der Waals surface area contributed by atoms with Crippen LogP contribution in [0.5, 0.6) is 0 Å². The van der Waals surface area contributed by atoms with Crippen LogP contribution in [0.25, 0.3) is 0 Å². The van der Waals surface area contributed by atoms with E-state index in [9.17, 15) is 9.46 Å². The second kappa shape index (κ2) is 25.3. The van der Waals surface area contributed by atoms with Crippen LogP contribution >= 0.6 is 19.6 Å². The molecule has 0 heterocycles. The second-order valence-electron chi connectivity index (χ2n) is 11.2. The van der Waals surface area contributed by atoms with E-state index in [1.54, 1.807) is 0 Å². The molecule has 0 aromatic heterocycles. The van der Waals surface area contributed by atoms with Crippen molar-refractivity contribution in [1.82, 2.24) is 0 Å². The number of aliphatic hydroxyl groups is 1. The van der Waals surface area contributed by atoms with Crippen LogP contribution in [0.1, 0.15) is 110 Å². The first-order valence-electron chi connectivity index (χ1n) is 14.9. The molecule has 2 unspecified atom stereocenters. The molecule has 1 N–H and O–H groups in total. The molecule has 0 aromatic carbocycles. The summed E-state index contributed by atoms with van der Waals surface area (Å²) in [6.45, 7) is 3.84. The highest BCUT2D eigenvalue weighted by Gasteiger charge is 2.17. The summed E-state index contributed by atoms with van der Waals surface area (Å²) in [7, 11) is 1.63. The van der Waals surface area contributed by atoms with Crippen LogP contribution in [0, 0.1) is 0 Å². The first-order valence-corrected chi connectivity index (χ1v) is 17.5. The summed E-state index contributed by atoms with van der Waals surface area (Å²) in [5.74, 6) is 1.79. The van der Waals surface area contributed by atoms with Crippen LogP contribution in [0.3, 0.4) is 0 Å². The van der Waals surface area contributed by atoms with Crippen molar-refractivity contribution in [2.75, 3.05) is 65.6 Å². The van der Waals surface area contributed by atoms with Gasteiger partial charge in [-0.2, -0.15) is 11.8 Å². The van der Waals surface area contributed by atoms with Crippen molar-refractivity contribution in [3.63, 3.8) is 0 Å². The number of phosphoric acid groups is 1. The Kier molecular flexibility index (Phi) is 25.5. The largest absolute Gasteiger partial charge is 0.756 e. The van der Waals surface area contributed by atoms with E-state index >= 15 is 0 Å². The number of hydrogen-bond donors (Lipinski definition) is 1. The van der Waals surface area contributed by atoms with Gasteiger partial charge in [-0.25, -0.2) is 0 Å². The number of nitrogens with zero attached hydrogens (tertiary/aromatic N) is 1. The van der Waals surface area contributed by atoms with Gasteiger partial charge in [0.05, 0.1) is 33.9 Å². The quantitative estimate of drug-likeness (QED) is 0.0619. The number of ether oxygens (including phenoxy) is 1. The molecule has 0 aliphatic heterocycles. The molecule has 0 aromatic rings. The van der Waals surface area contributed by atoms with Crippen molar-refractivity contribution in [2.24, 2.45) is 0 Å². The van der Waals surface area contributed by atoms with E-state index in [0.29, 0.717) is 17.6 Å². The smallest absolute Gasteiger partial charge is 0.268 e. The van der Waals surface area contributed by atoms with E-state index in [-0.39, 0.29) is 25.9 Å². The molecule has 224 valence electrons.